The van der Waals surface area contributed by atoms with Gasteiger partial charge in [-0.3, -0.25) is 4.79 Å². The van der Waals surface area contributed by atoms with Crippen LogP contribution in [0.4, 0.5) is 0 Å². The van der Waals surface area contributed by atoms with Crippen LogP contribution < -0.4 is 0 Å². The maximum absolute atomic E-state index is 13.1. The number of carbonyl (C=O) groups excluding carboxylic acids is 1. The molecule has 4 heteroatoms. The number of amides is 1. The third-order valence-electron chi connectivity index (χ3n) is 6.50. The fourth-order valence-electron chi connectivity index (χ4n) is 4.39. The number of hydrogen-bond donors (Lipinski definition) is 1. The van der Waals surface area contributed by atoms with Crippen LogP contribution in [0.15, 0.2) is 36.4 Å². The lowest BCUT2D eigenvalue weighted by molar-refractivity contribution is -0.0952. The minimum absolute atomic E-state index is 0.0950. The Balaban J connectivity index is 1.55. The number of likely N-dealkylation sites (tertiary alicyclic amines) is 1. The van der Waals surface area contributed by atoms with Gasteiger partial charge >= 0.3 is 0 Å². The molecule has 2 fully saturated rings. The van der Waals surface area contributed by atoms with Crippen molar-refractivity contribution in [2.45, 2.75) is 38.7 Å². The zero-order valence-corrected chi connectivity index (χ0v) is 15.0. The van der Waals surface area contributed by atoms with E-state index in [4.69, 9.17) is 0 Å². The summed E-state index contributed by atoms with van der Waals surface area (Å²) >= 11 is 0. The van der Waals surface area contributed by atoms with Gasteiger partial charge in [-0.2, -0.15) is 0 Å². The number of aromatic nitrogens is 1. The molecule has 1 unspecified atom stereocenters. The Bertz CT molecular complexity index is 786. The van der Waals surface area contributed by atoms with Crippen LogP contribution in [0.3, 0.4) is 0 Å². The van der Waals surface area contributed by atoms with E-state index in [0.717, 1.165) is 61.3 Å². The van der Waals surface area contributed by atoms with E-state index < -0.39 is 0 Å². The lowest BCUT2D eigenvalue weighted by Gasteiger charge is -2.51. The highest BCUT2D eigenvalue weighted by Crippen LogP contribution is 2.49. The molecule has 2 aliphatic rings. The van der Waals surface area contributed by atoms with Gasteiger partial charge in [0.25, 0.3) is 5.91 Å². The standard InChI is InChI=1S/C21H26N2O2/c1-15-17(14-18(22(15)2)16-6-4-3-5-7-16)20(25)23-12-10-21(11-13-23)9-8-19(21)24/h3-7,14,19,24H,8-13H2,1-2H3. The van der Waals surface area contributed by atoms with Crippen LogP contribution in [0.25, 0.3) is 11.3 Å². The molecule has 0 radical (unpaired) electrons. The summed E-state index contributed by atoms with van der Waals surface area (Å²) < 4.78 is 2.10. The summed E-state index contributed by atoms with van der Waals surface area (Å²) in [5.41, 5.74) is 4.10. The van der Waals surface area contributed by atoms with Crippen LogP contribution in [0.1, 0.15) is 41.7 Å². The summed E-state index contributed by atoms with van der Waals surface area (Å²) in [5, 5.41) is 10.1. The summed E-state index contributed by atoms with van der Waals surface area (Å²) in [7, 11) is 2.02. The maximum atomic E-state index is 13.1. The lowest BCUT2D eigenvalue weighted by atomic mass is 9.61. The smallest absolute Gasteiger partial charge is 0.255 e. The largest absolute Gasteiger partial charge is 0.393 e. The van der Waals surface area contributed by atoms with Crippen molar-refractivity contribution in [1.82, 2.24) is 9.47 Å². The Morgan fingerprint density at radius 1 is 1.16 bits per heavy atom. The van der Waals surface area contributed by atoms with Gasteiger partial charge in [-0.1, -0.05) is 30.3 Å². The van der Waals surface area contributed by atoms with Crippen molar-refractivity contribution in [3.05, 3.63) is 47.7 Å². The monoisotopic (exact) mass is 338 g/mol. The summed E-state index contributed by atoms with van der Waals surface area (Å²) in [6.45, 7) is 3.52. The molecule has 1 aliphatic carbocycles. The molecule has 1 amide bonds. The maximum Gasteiger partial charge on any atom is 0.255 e. The minimum atomic E-state index is -0.159. The molecule has 1 saturated carbocycles. The number of nitrogens with zero attached hydrogens (tertiary/aromatic N) is 2. The first kappa shape index (κ1) is 16.4. The number of benzene rings is 1. The second kappa shape index (κ2) is 6.03. The summed E-state index contributed by atoms with van der Waals surface area (Å²) in [6.07, 6.45) is 3.73. The zero-order chi connectivity index (χ0) is 17.6. The second-order valence-corrected chi connectivity index (χ2v) is 7.66. The van der Waals surface area contributed by atoms with E-state index in [2.05, 4.69) is 16.7 Å². The number of rotatable bonds is 2. The Kier molecular flexibility index (Phi) is 3.95. The van der Waals surface area contributed by atoms with Crippen molar-refractivity contribution in [2.24, 2.45) is 12.5 Å². The topological polar surface area (TPSA) is 45.5 Å². The Hall–Kier alpha value is -2.07. The minimum Gasteiger partial charge on any atom is -0.393 e. The van der Waals surface area contributed by atoms with Crippen molar-refractivity contribution in [1.29, 1.82) is 0 Å². The molecule has 132 valence electrons. The number of aliphatic hydroxyl groups excluding tert-OH is 1. The van der Waals surface area contributed by atoms with E-state index >= 15 is 0 Å². The zero-order valence-electron chi connectivity index (χ0n) is 15.0. The molecule has 1 aliphatic heterocycles. The molecule has 1 aromatic carbocycles. The second-order valence-electron chi connectivity index (χ2n) is 7.66. The third kappa shape index (κ3) is 2.60. The molecule has 25 heavy (non-hydrogen) atoms. The first-order valence-electron chi connectivity index (χ1n) is 9.21. The van der Waals surface area contributed by atoms with Crippen molar-refractivity contribution < 1.29 is 9.90 Å². The molecule has 1 aromatic heterocycles. The highest BCUT2D eigenvalue weighted by Gasteiger charge is 2.47. The van der Waals surface area contributed by atoms with Gasteiger partial charge in [-0.05, 0) is 49.7 Å². The molecule has 2 heterocycles. The Labute approximate surface area is 149 Å². The van der Waals surface area contributed by atoms with Gasteiger partial charge in [0.15, 0.2) is 0 Å². The number of piperidine rings is 1. The fraction of sp³-hybridized carbons (Fsp3) is 0.476. The van der Waals surface area contributed by atoms with Crippen LogP contribution in [0.2, 0.25) is 0 Å². The predicted molar refractivity (Wildman–Crippen MR) is 98.4 cm³/mol. The van der Waals surface area contributed by atoms with E-state index in [-0.39, 0.29) is 17.4 Å². The normalized spacial score (nSPS) is 22.0. The van der Waals surface area contributed by atoms with Gasteiger partial charge in [0.05, 0.1) is 11.7 Å². The van der Waals surface area contributed by atoms with Crippen LogP contribution in [0, 0.1) is 12.3 Å². The average Bonchev–Trinajstić information content (AvgIpc) is 2.96. The molecule has 1 saturated heterocycles. The Morgan fingerprint density at radius 2 is 1.84 bits per heavy atom. The van der Waals surface area contributed by atoms with Crippen LogP contribution in [-0.4, -0.2) is 39.7 Å². The van der Waals surface area contributed by atoms with Crippen molar-refractivity contribution in [3.8, 4) is 11.3 Å². The van der Waals surface area contributed by atoms with Gasteiger partial charge in [0, 0.05) is 31.5 Å². The van der Waals surface area contributed by atoms with Crippen LogP contribution >= 0.6 is 0 Å². The van der Waals surface area contributed by atoms with E-state index in [1.54, 1.807) is 0 Å². The fourth-order valence-corrected chi connectivity index (χ4v) is 4.39. The van der Waals surface area contributed by atoms with E-state index in [0.29, 0.717) is 0 Å². The van der Waals surface area contributed by atoms with Crippen LogP contribution in [-0.2, 0) is 7.05 Å². The molecule has 4 rings (SSSR count). The lowest BCUT2D eigenvalue weighted by Crippen LogP contribution is -2.53. The van der Waals surface area contributed by atoms with Gasteiger partial charge in [0.1, 0.15) is 0 Å². The Morgan fingerprint density at radius 3 is 2.40 bits per heavy atom. The van der Waals surface area contributed by atoms with Gasteiger partial charge in [-0.25, -0.2) is 0 Å². The van der Waals surface area contributed by atoms with Crippen molar-refractivity contribution in [3.63, 3.8) is 0 Å². The van der Waals surface area contributed by atoms with Gasteiger partial charge in [0.2, 0.25) is 0 Å². The van der Waals surface area contributed by atoms with Crippen LogP contribution in [0.5, 0.6) is 0 Å². The predicted octanol–water partition coefficient (Wildman–Crippen LogP) is 3.38. The summed E-state index contributed by atoms with van der Waals surface area (Å²) in [4.78, 5) is 15.0. The molecular formula is C21H26N2O2. The number of aliphatic hydroxyl groups is 1. The van der Waals surface area contributed by atoms with E-state index in [1.165, 1.54) is 0 Å². The molecule has 2 aromatic rings. The molecule has 1 N–H and O–H groups in total. The molecule has 4 nitrogen and oxygen atoms in total. The highest BCUT2D eigenvalue weighted by molar-refractivity contribution is 5.97. The van der Waals surface area contributed by atoms with Crippen molar-refractivity contribution >= 4 is 5.91 Å². The molecule has 0 bridgehead atoms. The first-order valence-corrected chi connectivity index (χ1v) is 9.21. The quantitative estimate of drug-likeness (QED) is 0.912. The number of hydrogen-bond acceptors (Lipinski definition) is 2. The molecule has 1 spiro atoms. The number of carbonyl (C=O) groups is 1. The molecule has 1 atom stereocenters. The highest BCUT2D eigenvalue weighted by atomic mass is 16.3. The van der Waals surface area contributed by atoms with Crippen molar-refractivity contribution in [2.75, 3.05) is 13.1 Å². The van der Waals surface area contributed by atoms with Gasteiger partial charge < -0.3 is 14.6 Å². The van der Waals surface area contributed by atoms with E-state index in [1.807, 2.05) is 43.1 Å². The first-order chi connectivity index (χ1) is 12.0. The average molecular weight is 338 g/mol. The van der Waals surface area contributed by atoms with Gasteiger partial charge in [-0.15, -0.1) is 0 Å². The van der Waals surface area contributed by atoms with E-state index in [9.17, 15) is 9.90 Å². The molecular weight excluding hydrogens is 312 g/mol. The summed E-state index contributed by atoms with van der Waals surface area (Å²) in [6, 6.07) is 12.2. The SMILES string of the molecule is Cc1c(C(=O)N2CCC3(CCC3O)CC2)cc(-c2ccccc2)n1C. The summed E-state index contributed by atoms with van der Waals surface area (Å²) in [5.74, 6) is 0.124. The third-order valence-corrected chi connectivity index (χ3v) is 6.50.